The van der Waals surface area contributed by atoms with Gasteiger partial charge in [0.05, 0.1) is 24.6 Å². The lowest BCUT2D eigenvalue weighted by Gasteiger charge is -2.43. The van der Waals surface area contributed by atoms with E-state index in [0.29, 0.717) is 46.7 Å². The Morgan fingerprint density at radius 1 is 1.06 bits per heavy atom. The van der Waals surface area contributed by atoms with Crippen molar-refractivity contribution in [3.63, 3.8) is 0 Å². The molecule has 9 nitrogen and oxygen atoms in total. The zero-order chi connectivity index (χ0) is 22.9. The molecule has 4 heterocycles. The van der Waals surface area contributed by atoms with E-state index >= 15 is 0 Å². The summed E-state index contributed by atoms with van der Waals surface area (Å²) in [7, 11) is 3.66. The number of piperidine rings is 2. The fraction of sp³-hybridized carbons (Fsp3) is 0.458. The van der Waals surface area contributed by atoms with Crippen molar-refractivity contribution in [3.05, 3.63) is 36.2 Å². The van der Waals surface area contributed by atoms with E-state index in [0.717, 1.165) is 24.2 Å². The first-order valence-electron chi connectivity index (χ1n) is 11.4. The van der Waals surface area contributed by atoms with Crippen LogP contribution in [-0.4, -0.2) is 62.8 Å². The SMILES string of the molecule is COc1cc(-c2ccc(-c3ncc(N(C)[C@@H]4C[C@H]5CCC[C@@H](C4)N5)nn3)c(O)c2)nnc1C. The number of anilines is 1. The van der Waals surface area contributed by atoms with Gasteiger partial charge in [-0.05, 0) is 44.7 Å². The molecule has 2 aliphatic rings. The second-order valence-corrected chi connectivity index (χ2v) is 8.98. The lowest BCUT2D eigenvalue weighted by atomic mass is 9.83. The van der Waals surface area contributed by atoms with Crippen molar-refractivity contribution in [1.29, 1.82) is 0 Å². The third kappa shape index (κ3) is 4.32. The van der Waals surface area contributed by atoms with Crippen LogP contribution in [0.1, 0.15) is 37.8 Å². The number of ether oxygens (including phenoxy) is 1. The predicted octanol–water partition coefficient (Wildman–Crippen LogP) is 3.13. The van der Waals surface area contributed by atoms with Crippen molar-refractivity contribution >= 4 is 5.82 Å². The highest BCUT2D eigenvalue weighted by Gasteiger charge is 2.33. The Balaban J connectivity index is 1.34. The van der Waals surface area contributed by atoms with Crippen LogP contribution in [0.25, 0.3) is 22.6 Å². The largest absolute Gasteiger partial charge is 0.507 e. The third-order valence-electron chi connectivity index (χ3n) is 6.83. The highest BCUT2D eigenvalue weighted by Crippen LogP contribution is 2.33. The number of hydrogen-bond donors (Lipinski definition) is 2. The van der Waals surface area contributed by atoms with E-state index in [9.17, 15) is 5.11 Å². The minimum Gasteiger partial charge on any atom is -0.507 e. The van der Waals surface area contributed by atoms with E-state index in [-0.39, 0.29) is 5.75 Å². The van der Waals surface area contributed by atoms with Gasteiger partial charge in [-0.2, -0.15) is 5.10 Å². The molecular weight excluding hydrogens is 418 g/mol. The van der Waals surface area contributed by atoms with Gasteiger partial charge in [-0.3, -0.25) is 0 Å². The molecule has 5 rings (SSSR count). The maximum Gasteiger partial charge on any atom is 0.185 e. The van der Waals surface area contributed by atoms with E-state index in [1.807, 2.05) is 13.0 Å². The van der Waals surface area contributed by atoms with Gasteiger partial charge in [-0.1, -0.05) is 12.5 Å². The van der Waals surface area contributed by atoms with Crippen LogP contribution in [0.5, 0.6) is 11.5 Å². The van der Waals surface area contributed by atoms with Crippen molar-refractivity contribution in [1.82, 2.24) is 30.7 Å². The van der Waals surface area contributed by atoms with Gasteiger partial charge in [0.1, 0.15) is 17.2 Å². The van der Waals surface area contributed by atoms with Gasteiger partial charge >= 0.3 is 0 Å². The summed E-state index contributed by atoms with van der Waals surface area (Å²) in [6.45, 7) is 1.83. The molecule has 3 aromatic rings. The minimum absolute atomic E-state index is 0.0583. The minimum atomic E-state index is 0.0583. The Kier molecular flexibility index (Phi) is 5.80. The molecule has 2 aliphatic heterocycles. The number of methoxy groups -OCH3 is 1. The monoisotopic (exact) mass is 447 g/mol. The average molecular weight is 448 g/mol. The van der Waals surface area contributed by atoms with Gasteiger partial charge in [0.25, 0.3) is 0 Å². The standard InChI is InChI=1S/C24H29N7O2/c1-14-22(33-3)12-20(28-27-14)15-7-8-19(21(32)9-15)24-25-13-23(29-30-24)31(2)18-10-16-5-4-6-17(11-18)26-16/h7-9,12-13,16-18,26,32H,4-6,10-11H2,1-3H3/t16-,17+,18-. The van der Waals surface area contributed by atoms with Crippen LogP contribution in [0.4, 0.5) is 5.82 Å². The van der Waals surface area contributed by atoms with Gasteiger partial charge in [-0.15, -0.1) is 15.3 Å². The Bertz CT molecular complexity index is 1130. The fourth-order valence-electron chi connectivity index (χ4n) is 4.96. The van der Waals surface area contributed by atoms with E-state index in [4.69, 9.17) is 4.74 Å². The molecule has 0 radical (unpaired) electrons. The van der Waals surface area contributed by atoms with Crippen LogP contribution in [-0.2, 0) is 0 Å². The number of phenolic OH excluding ortho intramolecular Hbond substituents is 1. The van der Waals surface area contributed by atoms with E-state index in [1.54, 1.807) is 31.5 Å². The summed E-state index contributed by atoms with van der Waals surface area (Å²) in [6.07, 6.45) is 7.79. The van der Waals surface area contributed by atoms with Crippen LogP contribution >= 0.6 is 0 Å². The highest BCUT2D eigenvalue weighted by atomic mass is 16.5. The van der Waals surface area contributed by atoms with E-state index in [1.165, 1.54) is 19.3 Å². The van der Waals surface area contributed by atoms with Crippen LogP contribution < -0.4 is 15.0 Å². The molecule has 9 heteroatoms. The van der Waals surface area contributed by atoms with Crippen LogP contribution in [0.3, 0.4) is 0 Å². The zero-order valence-electron chi connectivity index (χ0n) is 19.2. The molecule has 2 saturated heterocycles. The number of aryl methyl sites for hydroxylation is 1. The van der Waals surface area contributed by atoms with Gasteiger partial charge < -0.3 is 20.1 Å². The number of phenols is 1. The average Bonchev–Trinajstić information content (AvgIpc) is 2.84. The predicted molar refractivity (Wildman–Crippen MR) is 125 cm³/mol. The summed E-state index contributed by atoms with van der Waals surface area (Å²) >= 11 is 0. The fourth-order valence-corrected chi connectivity index (χ4v) is 4.96. The summed E-state index contributed by atoms with van der Waals surface area (Å²) in [6, 6.07) is 8.68. The van der Waals surface area contributed by atoms with Crippen molar-refractivity contribution < 1.29 is 9.84 Å². The lowest BCUT2D eigenvalue weighted by molar-refractivity contribution is 0.219. The Morgan fingerprint density at radius 3 is 2.52 bits per heavy atom. The number of rotatable bonds is 5. The van der Waals surface area contributed by atoms with Gasteiger partial charge in [0.2, 0.25) is 0 Å². The topological polar surface area (TPSA) is 109 Å². The Labute approximate surface area is 193 Å². The molecule has 0 saturated carbocycles. The first-order chi connectivity index (χ1) is 16.0. The van der Waals surface area contributed by atoms with Crippen molar-refractivity contribution in [2.24, 2.45) is 0 Å². The number of benzene rings is 1. The lowest BCUT2D eigenvalue weighted by Crippen LogP contribution is -2.54. The summed E-state index contributed by atoms with van der Waals surface area (Å²) in [4.78, 5) is 6.70. The quantitative estimate of drug-likeness (QED) is 0.609. The number of aromatic nitrogens is 5. The normalized spacial score (nSPS) is 22.1. The van der Waals surface area contributed by atoms with Crippen molar-refractivity contribution in [2.45, 2.75) is 57.2 Å². The summed E-state index contributed by atoms with van der Waals surface area (Å²) in [5.41, 5.74) is 2.56. The maximum atomic E-state index is 10.7. The number of nitrogens with one attached hydrogen (secondary N) is 1. The zero-order valence-corrected chi connectivity index (χ0v) is 19.2. The van der Waals surface area contributed by atoms with Crippen LogP contribution in [0.2, 0.25) is 0 Å². The molecule has 0 amide bonds. The summed E-state index contributed by atoms with van der Waals surface area (Å²) in [5, 5.41) is 31.4. The first kappa shape index (κ1) is 21.5. The van der Waals surface area contributed by atoms with Gasteiger partial charge in [0, 0.05) is 36.8 Å². The van der Waals surface area contributed by atoms with Crippen molar-refractivity contribution in [3.8, 4) is 34.1 Å². The first-order valence-corrected chi connectivity index (χ1v) is 11.4. The Hall–Kier alpha value is -3.33. The number of hydrogen-bond acceptors (Lipinski definition) is 9. The molecule has 3 atom stereocenters. The van der Waals surface area contributed by atoms with E-state index in [2.05, 4.69) is 42.6 Å². The smallest absolute Gasteiger partial charge is 0.185 e. The van der Waals surface area contributed by atoms with Gasteiger partial charge in [0.15, 0.2) is 11.6 Å². The Morgan fingerprint density at radius 2 is 1.85 bits per heavy atom. The molecule has 2 fully saturated rings. The molecule has 2 bridgehead atoms. The second kappa shape index (κ2) is 8.90. The van der Waals surface area contributed by atoms with Crippen LogP contribution in [0, 0.1) is 6.92 Å². The highest BCUT2D eigenvalue weighted by molar-refractivity contribution is 5.71. The molecule has 0 aliphatic carbocycles. The van der Waals surface area contributed by atoms with Gasteiger partial charge in [-0.25, -0.2) is 4.98 Å². The van der Waals surface area contributed by atoms with Crippen molar-refractivity contribution in [2.75, 3.05) is 19.1 Å². The molecule has 0 unspecified atom stereocenters. The molecule has 2 N–H and O–H groups in total. The molecular formula is C24H29N7O2. The molecule has 2 aromatic heterocycles. The second-order valence-electron chi connectivity index (χ2n) is 8.98. The maximum absolute atomic E-state index is 10.7. The van der Waals surface area contributed by atoms with Crippen LogP contribution in [0.15, 0.2) is 30.5 Å². The summed E-state index contributed by atoms with van der Waals surface area (Å²) < 4.78 is 5.33. The van der Waals surface area contributed by atoms with E-state index < -0.39 is 0 Å². The number of fused-ring (bicyclic) bond motifs is 2. The molecule has 33 heavy (non-hydrogen) atoms. The summed E-state index contributed by atoms with van der Waals surface area (Å²) in [5.74, 6) is 1.84. The number of aromatic hydroxyl groups is 1. The third-order valence-corrected chi connectivity index (χ3v) is 6.83. The molecule has 1 aromatic carbocycles. The molecule has 0 spiro atoms. The molecule has 172 valence electrons. The number of nitrogens with zero attached hydrogens (tertiary/aromatic N) is 6.